The molecule has 0 bridgehead atoms. The number of hydrogen-bond donors (Lipinski definition) is 0. The SMILES string of the molecule is CCN([C]=O)C1CCCCCC1. The molecule has 12 heavy (non-hydrogen) atoms. The lowest BCUT2D eigenvalue weighted by molar-refractivity contribution is 0.279. The summed E-state index contributed by atoms with van der Waals surface area (Å²) in [6.45, 7) is 2.84. The van der Waals surface area contributed by atoms with Crippen molar-refractivity contribution in [2.45, 2.75) is 51.5 Å². The van der Waals surface area contributed by atoms with Gasteiger partial charge in [-0.1, -0.05) is 25.7 Å². The van der Waals surface area contributed by atoms with E-state index < -0.39 is 0 Å². The van der Waals surface area contributed by atoms with Gasteiger partial charge in [-0.05, 0) is 19.8 Å². The molecule has 0 aromatic heterocycles. The molecule has 1 radical (unpaired) electrons. The number of hydrogen-bond acceptors (Lipinski definition) is 1. The normalized spacial score (nSPS) is 20.1. The van der Waals surface area contributed by atoms with Crippen LogP contribution in [0.1, 0.15) is 45.4 Å². The molecule has 2 heteroatoms. The highest BCUT2D eigenvalue weighted by Gasteiger charge is 2.17. The van der Waals surface area contributed by atoms with Crippen LogP contribution >= 0.6 is 0 Å². The van der Waals surface area contributed by atoms with Crippen molar-refractivity contribution in [1.29, 1.82) is 0 Å². The Bertz CT molecular complexity index is 128. The number of rotatable bonds is 3. The Hall–Kier alpha value is -0.530. The summed E-state index contributed by atoms with van der Waals surface area (Å²) in [5.41, 5.74) is 0. The van der Waals surface area contributed by atoms with Gasteiger partial charge in [-0.15, -0.1) is 0 Å². The highest BCUT2D eigenvalue weighted by molar-refractivity contribution is 5.48. The summed E-state index contributed by atoms with van der Waals surface area (Å²) in [6.07, 6.45) is 9.64. The molecule has 0 aliphatic heterocycles. The maximum absolute atomic E-state index is 10.5. The molecule has 0 heterocycles. The van der Waals surface area contributed by atoms with Gasteiger partial charge in [0.05, 0.1) is 0 Å². The lowest BCUT2D eigenvalue weighted by Crippen LogP contribution is -2.33. The van der Waals surface area contributed by atoms with E-state index in [1.54, 1.807) is 0 Å². The third-order valence-electron chi connectivity index (χ3n) is 2.72. The molecule has 0 saturated heterocycles. The first kappa shape index (κ1) is 9.56. The topological polar surface area (TPSA) is 20.3 Å². The fourth-order valence-corrected chi connectivity index (χ4v) is 1.97. The molecule has 69 valence electrons. The van der Waals surface area contributed by atoms with Crippen LogP contribution in [0.15, 0.2) is 0 Å². The van der Waals surface area contributed by atoms with E-state index in [1.165, 1.54) is 38.5 Å². The fraction of sp³-hybridized carbons (Fsp3) is 0.900. The van der Waals surface area contributed by atoms with Gasteiger partial charge in [0.2, 0.25) is 0 Å². The summed E-state index contributed by atoms with van der Waals surface area (Å²) in [7, 11) is 0. The van der Waals surface area contributed by atoms with E-state index >= 15 is 0 Å². The molecule has 1 aliphatic carbocycles. The van der Waals surface area contributed by atoms with E-state index in [4.69, 9.17) is 0 Å². The van der Waals surface area contributed by atoms with Gasteiger partial charge in [-0.25, -0.2) is 0 Å². The molecule has 0 aromatic carbocycles. The molecule has 1 rings (SSSR count). The minimum atomic E-state index is 0.481. The quantitative estimate of drug-likeness (QED) is 0.467. The maximum atomic E-state index is 10.5. The highest BCUT2D eigenvalue weighted by atomic mass is 16.1. The molecule has 0 aromatic rings. The summed E-state index contributed by atoms with van der Waals surface area (Å²) in [5.74, 6) is 0. The Morgan fingerprint density at radius 1 is 1.25 bits per heavy atom. The Labute approximate surface area is 74.9 Å². The molecule has 0 spiro atoms. The first-order valence-electron chi connectivity index (χ1n) is 5.03. The van der Waals surface area contributed by atoms with Crippen LogP contribution in [0.4, 0.5) is 0 Å². The van der Waals surface area contributed by atoms with Crippen molar-refractivity contribution in [3.8, 4) is 0 Å². The third-order valence-corrected chi connectivity index (χ3v) is 2.72. The average Bonchev–Trinajstić information content (AvgIpc) is 2.35. The van der Waals surface area contributed by atoms with E-state index in [2.05, 4.69) is 0 Å². The Kier molecular flexibility index (Phi) is 4.12. The second kappa shape index (κ2) is 5.18. The first-order valence-corrected chi connectivity index (χ1v) is 5.03. The number of nitrogens with zero attached hydrogens (tertiary/aromatic N) is 1. The smallest absolute Gasteiger partial charge is 0.312 e. The van der Waals surface area contributed by atoms with Gasteiger partial charge in [0.15, 0.2) is 0 Å². The van der Waals surface area contributed by atoms with Gasteiger partial charge in [-0.2, -0.15) is 0 Å². The second-order valence-electron chi connectivity index (χ2n) is 3.52. The Balaban J connectivity index is 2.40. The van der Waals surface area contributed by atoms with Gasteiger partial charge < -0.3 is 4.90 Å². The lowest BCUT2D eigenvalue weighted by atomic mass is 10.1. The summed E-state index contributed by atoms with van der Waals surface area (Å²) >= 11 is 0. The van der Waals surface area contributed by atoms with Crippen LogP contribution < -0.4 is 0 Å². The van der Waals surface area contributed by atoms with Crippen molar-refractivity contribution in [1.82, 2.24) is 4.90 Å². The van der Waals surface area contributed by atoms with E-state index in [0.717, 1.165) is 6.54 Å². The molecular formula is C10H18NO. The van der Waals surface area contributed by atoms with Gasteiger partial charge in [0.25, 0.3) is 0 Å². The molecule has 2 nitrogen and oxygen atoms in total. The standard InChI is InChI=1S/C10H18NO/c1-2-11(9-12)10-7-5-3-4-6-8-10/h10H,2-8H2,1H3. The van der Waals surface area contributed by atoms with E-state index in [1.807, 2.05) is 18.2 Å². The fourth-order valence-electron chi connectivity index (χ4n) is 1.97. The van der Waals surface area contributed by atoms with Crippen molar-refractivity contribution in [2.24, 2.45) is 0 Å². The van der Waals surface area contributed by atoms with Crippen LogP contribution in [-0.4, -0.2) is 23.9 Å². The van der Waals surface area contributed by atoms with Crippen LogP contribution in [0.2, 0.25) is 0 Å². The molecule has 1 saturated carbocycles. The molecular weight excluding hydrogens is 150 g/mol. The number of carbonyl (C=O) groups excluding carboxylic acids is 1. The first-order chi connectivity index (χ1) is 5.88. The lowest BCUT2D eigenvalue weighted by Gasteiger charge is -2.24. The third kappa shape index (κ3) is 2.50. The van der Waals surface area contributed by atoms with Gasteiger partial charge in [0.1, 0.15) is 0 Å². The second-order valence-corrected chi connectivity index (χ2v) is 3.52. The van der Waals surface area contributed by atoms with E-state index in [9.17, 15) is 4.79 Å². The highest BCUT2D eigenvalue weighted by Crippen LogP contribution is 2.20. The molecule has 1 fully saturated rings. The van der Waals surface area contributed by atoms with Crippen LogP contribution in [0.5, 0.6) is 0 Å². The molecule has 0 N–H and O–H groups in total. The van der Waals surface area contributed by atoms with Crippen molar-refractivity contribution < 1.29 is 4.79 Å². The van der Waals surface area contributed by atoms with Gasteiger partial charge in [0, 0.05) is 12.6 Å². The van der Waals surface area contributed by atoms with Gasteiger partial charge >= 0.3 is 6.41 Å². The molecule has 1 aliphatic rings. The van der Waals surface area contributed by atoms with E-state index in [0.29, 0.717) is 6.04 Å². The molecule has 0 unspecified atom stereocenters. The zero-order valence-electron chi connectivity index (χ0n) is 7.88. The van der Waals surface area contributed by atoms with Crippen molar-refractivity contribution in [2.75, 3.05) is 6.54 Å². The van der Waals surface area contributed by atoms with Crippen molar-refractivity contribution >= 4 is 6.41 Å². The van der Waals surface area contributed by atoms with Crippen molar-refractivity contribution in [3.63, 3.8) is 0 Å². The summed E-state index contributed by atoms with van der Waals surface area (Å²) in [6, 6.07) is 0.481. The van der Waals surface area contributed by atoms with E-state index in [-0.39, 0.29) is 0 Å². The predicted octanol–water partition coefficient (Wildman–Crippen LogP) is 2.10. The summed E-state index contributed by atoms with van der Waals surface area (Å²) in [4.78, 5) is 12.4. The van der Waals surface area contributed by atoms with Crippen LogP contribution in [0.25, 0.3) is 0 Å². The Morgan fingerprint density at radius 2 is 1.83 bits per heavy atom. The maximum Gasteiger partial charge on any atom is 0.312 e. The van der Waals surface area contributed by atoms with Gasteiger partial charge in [-0.3, -0.25) is 4.79 Å². The average molecular weight is 168 g/mol. The Morgan fingerprint density at radius 3 is 2.25 bits per heavy atom. The predicted molar refractivity (Wildman–Crippen MR) is 49.6 cm³/mol. The molecule has 0 atom stereocenters. The molecule has 1 amide bonds. The monoisotopic (exact) mass is 168 g/mol. The summed E-state index contributed by atoms with van der Waals surface area (Å²) in [5, 5.41) is 0. The number of amides is 1. The largest absolute Gasteiger partial charge is 0.332 e. The van der Waals surface area contributed by atoms with Crippen LogP contribution in [-0.2, 0) is 4.79 Å². The summed E-state index contributed by atoms with van der Waals surface area (Å²) < 4.78 is 0. The van der Waals surface area contributed by atoms with Crippen molar-refractivity contribution in [3.05, 3.63) is 0 Å². The van der Waals surface area contributed by atoms with Crippen LogP contribution in [0, 0.1) is 0 Å². The van der Waals surface area contributed by atoms with Crippen LogP contribution in [0.3, 0.4) is 0 Å². The minimum absolute atomic E-state index is 0.481. The zero-order chi connectivity index (χ0) is 8.81. The zero-order valence-corrected chi connectivity index (χ0v) is 7.88. The minimum Gasteiger partial charge on any atom is -0.332 e.